The van der Waals surface area contributed by atoms with E-state index in [0.29, 0.717) is 0 Å². The van der Waals surface area contributed by atoms with Crippen molar-refractivity contribution in [2.45, 2.75) is 5.92 Å². The van der Waals surface area contributed by atoms with Gasteiger partial charge in [0.1, 0.15) is 12.4 Å². The average Bonchev–Trinajstić information content (AvgIpc) is 3.14. The Hall–Kier alpha value is -4.64. The Morgan fingerprint density at radius 1 is 0.971 bits per heavy atom. The second-order valence-corrected chi connectivity index (χ2v) is 7.43. The van der Waals surface area contributed by atoms with Crippen molar-refractivity contribution >= 4 is 23.7 Å². The van der Waals surface area contributed by atoms with Gasteiger partial charge in [0.15, 0.2) is 0 Å². The number of aromatic carboxylic acids is 1. The van der Waals surface area contributed by atoms with Gasteiger partial charge in [-0.3, -0.25) is 4.79 Å². The van der Waals surface area contributed by atoms with Gasteiger partial charge in [-0.15, -0.1) is 0 Å². The molecule has 34 heavy (non-hydrogen) atoms. The molecule has 0 radical (unpaired) electrons. The summed E-state index contributed by atoms with van der Waals surface area (Å²) in [6, 6.07) is 18.8. The summed E-state index contributed by atoms with van der Waals surface area (Å²) in [6.07, 6.45) is -0.685. The third kappa shape index (κ3) is 4.89. The number of hydrogen-bond acceptors (Lipinski definition) is 4. The van der Waals surface area contributed by atoms with Crippen molar-refractivity contribution < 1.29 is 28.6 Å². The predicted octanol–water partition coefficient (Wildman–Crippen LogP) is 4.00. The molecule has 1 aliphatic carbocycles. The molecule has 2 amide bonds. The Morgan fingerprint density at radius 3 is 2.26 bits per heavy atom. The Bertz CT molecular complexity index is 1300. The van der Waals surface area contributed by atoms with Gasteiger partial charge in [0.05, 0.1) is 17.8 Å². The van der Waals surface area contributed by atoms with Crippen molar-refractivity contribution in [2.24, 2.45) is 0 Å². The molecule has 0 saturated carbocycles. The largest absolute Gasteiger partial charge is 0.478 e. The number of carbonyl (C=O) groups is 3. The highest BCUT2D eigenvalue weighted by Gasteiger charge is 2.28. The van der Waals surface area contributed by atoms with Crippen LogP contribution in [0, 0.1) is 17.7 Å². The number of carboxylic acids is 1. The van der Waals surface area contributed by atoms with Gasteiger partial charge < -0.3 is 20.5 Å². The first kappa shape index (κ1) is 22.6. The maximum absolute atomic E-state index is 13.4. The van der Waals surface area contributed by atoms with Gasteiger partial charge in [0.25, 0.3) is 5.91 Å². The van der Waals surface area contributed by atoms with Crippen molar-refractivity contribution in [3.63, 3.8) is 0 Å². The molecule has 170 valence electrons. The molecule has 0 fully saturated rings. The van der Waals surface area contributed by atoms with Crippen LogP contribution in [0.15, 0.2) is 66.7 Å². The number of hydrogen-bond donors (Lipinski definition) is 3. The van der Waals surface area contributed by atoms with Crippen molar-refractivity contribution in [2.75, 3.05) is 18.5 Å². The molecule has 0 heterocycles. The van der Waals surface area contributed by atoms with Crippen molar-refractivity contribution in [1.29, 1.82) is 0 Å². The monoisotopic (exact) mass is 458 g/mol. The molecular formula is C26H19FN2O5. The minimum Gasteiger partial charge on any atom is -0.478 e. The summed E-state index contributed by atoms with van der Waals surface area (Å²) in [7, 11) is 0. The molecule has 0 saturated heterocycles. The van der Waals surface area contributed by atoms with E-state index in [1.807, 2.05) is 48.5 Å². The quantitative estimate of drug-likeness (QED) is 0.502. The zero-order valence-electron chi connectivity index (χ0n) is 17.8. The normalized spacial score (nSPS) is 11.4. The molecule has 0 aliphatic heterocycles. The number of nitrogens with one attached hydrogen (secondary N) is 2. The molecule has 1 aliphatic rings. The minimum atomic E-state index is -1.32. The number of carbonyl (C=O) groups excluding carboxylic acids is 2. The van der Waals surface area contributed by atoms with Crippen LogP contribution in [0.4, 0.5) is 14.9 Å². The summed E-state index contributed by atoms with van der Waals surface area (Å²) in [5.41, 5.74) is 3.93. The van der Waals surface area contributed by atoms with E-state index in [0.717, 1.165) is 40.5 Å². The van der Waals surface area contributed by atoms with E-state index in [1.165, 1.54) is 0 Å². The Balaban J connectivity index is 1.30. The van der Waals surface area contributed by atoms with Gasteiger partial charge >= 0.3 is 12.1 Å². The summed E-state index contributed by atoms with van der Waals surface area (Å²) in [6.45, 7) is -0.0235. The third-order valence-corrected chi connectivity index (χ3v) is 5.33. The topological polar surface area (TPSA) is 105 Å². The molecule has 8 heteroatoms. The van der Waals surface area contributed by atoms with E-state index in [2.05, 4.69) is 22.5 Å². The van der Waals surface area contributed by atoms with Gasteiger partial charge in [0, 0.05) is 5.92 Å². The van der Waals surface area contributed by atoms with Crippen LogP contribution in [-0.4, -0.2) is 36.2 Å². The van der Waals surface area contributed by atoms with Crippen LogP contribution in [0.3, 0.4) is 0 Å². The number of fused-ring (bicyclic) bond motifs is 3. The van der Waals surface area contributed by atoms with Gasteiger partial charge in [-0.1, -0.05) is 54.5 Å². The number of amides is 2. The van der Waals surface area contributed by atoms with E-state index in [4.69, 9.17) is 9.84 Å². The first-order chi connectivity index (χ1) is 16.4. The molecule has 3 N–H and O–H groups in total. The van der Waals surface area contributed by atoms with E-state index in [1.54, 1.807) is 0 Å². The molecule has 0 unspecified atom stereocenters. The van der Waals surface area contributed by atoms with Gasteiger partial charge in [-0.2, -0.15) is 0 Å². The number of rotatable bonds is 5. The average molecular weight is 458 g/mol. The van der Waals surface area contributed by atoms with Crippen molar-refractivity contribution in [1.82, 2.24) is 5.32 Å². The lowest BCUT2D eigenvalue weighted by molar-refractivity contribution is -0.111. The van der Waals surface area contributed by atoms with Gasteiger partial charge in [-0.25, -0.2) is 14.0 Å². The van der Waals surface area contributed by atoms with Crippen LogP contribution in [0.2, 0.25) is 0 Å². The standard InChI is InChI=1S/C26H19FN2O5/c27-16-11-12-21(25(31)32)23(14-16)29-24(30)10-5-13-28-26(33)34-15-22-19-8-3-1-6-17(19)18-7-2-4-9-20(18)22/h1-4,6-9,11-12,14,22H,13,15H2,(H,28,33)(H,29,30)(H,31,32). The smallest absolute Gasteiger partial charge is 0.407 e. The molecule has 0 spiro atoms. The third-order valence-electron chi connectivity index (χ3n) is 5.33. The Morgan fingerprint density at radius 2 is 1.62 bits per heavy atom. The van der Waals surface area contributed by atoms with Crippen LogP contribution in [-0.2, 0) is 9.53 Å². The van der Waals surface area contributed by atoms with E-state index >= 15 is 0 Å². The molecule has 3 aromatic carbocycles. The van der Waals surface area contributed by atoms with E-state index in [-0.39, 0.29) is 30.3 Å². The fourth-order valence-electron chi connectivity index (χ4n) is 3.85. The summed E-state index contributed by atoms with van der Waals surface area (Å²) >= 11 is 0. The van der Waals surface area contributed by atoms with E-state index in [9.17, 15) is 18.8 Å². The highest BCUT2D eigenvalue weighted by molar-refractivity contribution is 6.07. The molecule has 7 nitrogen and oxygen atoms in total. The summed E-state index contributed by atoms with van der Waals surface area (Å²) in [5, 5.41) is 13.8. The Labute approximate surface area is 194 Å². The second-order valence-electron chi connectivity index (χ2n) is 7.43. The SMILES string of the molecule is O=C(C#CCNC(=O)OCC1c2ccccc2-c2ccccc21)Nc1cc(F)ccc1C(=O)O. The molecule has 0 atom stereocenters. The first-order valence-corrected chi connectivity index (χ1v) is 10.4. The molecule has 3 aromatic rings. The lowest BCUT2D eigenvalue weighted by atomic mass is 9.98. The first-order valence-electron chi connectivity index (χ1n) is 10.4. The molecule has 4 rings (SSSR count). The minimum absolute atomic E-state index is 0.0790. The van der Waals surface area contributed by atoms with Crippen LogP contribution < -0.4 is 10.6 Å². The number of anilines is 1. The zero-order valence-corrected chi connectivity index (χ0v) is 17.8. The number of ether oxygens (including phenoxy) is 1. The fourth-order valence-corrected chi connectivity index (χ4v) is 3.85. The van der Waals surface area contributed by atoms with Crippen LogP contribution in [0.1, 0.15) is 27.4 Å². The summed E-state index contributed by atoms with van der Waals surface area (Å²) in [5.74, 6) is 1.71. The highest BCUT2D eigenvalue weighted by Crippen LogP contribution is 2.44. The van der Waals surface area contributed by atoms with Crippen LogP contribution >= 0.6 is 0 Å². The molecule has 0 aromatic heterocycles. The number of benzene rings is 3. The predicted molar refractivity (Wildman–Crippen MR) is 123 cm³/mol. The summed E-state index contributed by atoms with van der Waals surface area (Å²) < 4.78 is 18.7. The van der Waals surface area contributed by atoms with E-state index < -0.39 is 23.8 Å². The summed E-state index contributed by atoms with van der Waals surface area (Å²) in [4.78, 5) is 35.2. The number of carboxylic acid groups (broad SMARTS) is 1. The lowest BCUT2D eigenvalue weighted by Crippen LogP contribution is -2.26. The van der Waals surface area contributed by atoms with Crippen LogP contribution in [0.5, 0.6) is 0 Å². The lowest BCUT2D eigenvalue weighted by Gasteiger charge is -2.14. The zero-order chi connectivity index (χ0) is 24.1. The van der Waals surface area contributed by atoms with Gasteiger partial charge in [-0.05, 0) is 46.4 Å². The van der Waals surface area contributed by atoms with Gasteiger partial charge in [0.2, 0.25) is 0 Å². The van der Waals surface area contributed by atoms with Crippen molar-refractivity contribution in [3.8, 4) is 23.0 Å². The number of halogens is 1. The molecular weight excluding hydrogens is 439 g/mol. The second kappa shape index (κ2) is 9.88. The maximum atomic E-state index is 13.4. The number of alkyl carbamates (subject to hydrolysis) is 1. The van der Waals surface area contributed by atoms with Crippen LogP contribution in [0.25, 0.3) is 11.1 Å². The fraction of sp³-hybridized carbons (Fsp3) is 0.115. The highest BCUT2D eigenvalue weighted by atomic mass is 19.1. The Kier molecular flexibility index (Phi) is 6.55. The molecule has 0 bridgehead atoms. The van der Waals surface area contributed by atoms with Crippen molar-refractivity contribution in [3.05, 3.63) is 89.2 Å². The maximum Gasteiger partial charge on any atom is 0.407 e.